The van der Waals surface area contributed by atoms with Gasteiger partial charge in [-0.15, -0.1) is 11.3 Å². The molecule has 2 heterocycles. The molecule has 11 heteroatoms. The standard InChI is InChI=1S/C25H26ClF2N3O3S2/c26-19-5-3-18(4-6-19)24(32)30-16-22-9-10-23(35-22)36(33)31-13-11-20(12-14-31)29-15-17-1-7-21(8-2-17)34-25(27)28/h1-10,20,25,29H,11-16H2,(H,30,32). The summed E-state index contributed by atoms with van der Waals surface area (Å²) in [5, 5.41) is 6.94. The largest absolute Gasteiger partial charge is 0.435 e. The van der Waals surface area contributed by atoms with Gasteiger partial charge >= 0.3 is 6.61 Å². The van der Waals surface area contributed by atoms with E-state index in [9.17, 15) is 17.8 Å². The maximum atomic E-state index is 13.1. The molecule has 4 rings (SSSR count). The molecule has 2 aromatic carbocycles. The summed E-state index contributed by atoms with van der Waals surface area (Å²) in [6.45, 7) is -0.437. The van der Waals surface area contributed by atoms with E-state index in [1.165, 1.54) is 23.5 Å². The lowest BCUT2D eigenvalue weighted by atomic mass is 10.1. The van der Waals surface area contributed by atoms with Gasteiger partial charge in [0.15, 0.2) is 0 Å². The van der Waals surface area contributed by atoms with Crippen LogP contribution in [0.15, 0.2) is 64.9 Å². The normalized spacial score (nSPS) is 15.7. The van der Waals surface area contributed by atoms with Crippen molar-refractivity contribution in [3.63, 3.8) is 0 Å². The van der Waals surface area contributed by atoms with Crippen LogP contribution in [-0.4, -0.2) is 40.2 Å². The zero-order valence-corrected chi connectivity index (χ0v) is 21.7. The fraction of sp³-hybridized carbons (Fsp3) is 0.320. The van der Waals surface area contributed by atoms with Crippen molar-refractivity contribution in [2.45, 2.75) is 42.8 Å². The van der Waals surface area contributed by atoms with Crippen molar-refractivity contribution in [2.24, 2.45) is 0 Å². The maximum absolute atomic E-state index is 13.1. The third-order valence-corrected chi connectivity index (χ3v) is 8.89. The molecule has 1 aromatic heterocycles. The molecule has 1 aliphatic heterocycles. The topological polar surface area (TPSA) is 70.7 Å². The molecule has 1 aliphatic rings. The second kappa shape index (κ2) is 12.7. The molecule has 0 spiro atoms. The first-order valence-electron chi connectivity index (χ1n) is 11.4. The van der Waals surface area contributed by atoms with E-state index >= 15 is 0 Å². The predicted molar refractivity (Wildman–Crippen MR) is 138 cm³/mol. The van der Waals surface area contributed by atoms with Crippen molar-refractivity contribution >= 4 is 39.8 Å². The highest BCUT2D eigenvalue weighted by Gasteiger charge is 2.24. The molecule has 0 bridgehead atoms. The molecular weight excluding hydrogens is 528 g/mol. The van der Waals surface area contributed by atoms with E-state index < -0.39 is 17.6 Å². The monoisotopic (exact) mass is 553 g/mol. The van der Waals surface area contributed by atoms with Crippen molar-refractivity contribution in [2.75, 3.05) is 13.1 Å². The van der Waals surface area contributed by atoms with Crippen LogP contribution in [0, 0.1) is 0 Å². The Hall–Kier alpha value is -2.37. The Morgan fingerprint density at radius 2 is 1.75 bits per heavy atom. The summed E-state index contributed by atoms with van der Waals surface area (Å²) in [6, 6.07) is 17.3. The van der Waals surface area contributed by atoms with Crippen LogP contribution in [0.1, 0.15) is 33.6 Å². The number of hydrogen-bond acceptors (Lipinski definition) is 5. The molecule has 36 heavy (non-hydrogen) atoms. The Morgan fingerprint density at radius 1 is 1.06 bits per heavy atom. The van der Waals surface area contributed by atoms with Gasteiger partial charge in [0.25, 0.3) is 5.91 Å². The molecule has 1 unspecified atom stereocenters. The van der Waals surface area contributed by atoms with E-state index in [-0.39, 0.29) is 17.7 Å². The van der Waals surface area contributed by atoms with Gasteiger partial charge in [0, 0.05) is 41.1 Å². The summed E-state index contributed by atoms with van der Waals surface area (Å²) in [4.78, 5) is 13.2. The lowest BCUT2D eigenvalue weighted by Gasteiger charge is -2.31. The van der Waals surface area contributed by atoms with Crippen LogP contribution in [0.3, 0.4) is 0 Å². The van der Waals surface area contributed by atoms with Crippen LogP contribution >= 0.6 is 22.9 Å². The molecule has 6 nitrogen and oxygen atoms in total. The number of nitrogens with zero attached hydrogens (tertiary/aromatic N) is 1. The summed E-state index contributed by atoms with van der Waals surface area (Å²) >= 11 is 7.30. The van der Waals surface area contributed by atoms with E-state index in [0.29, 0.717) is 36.8 Å². The first kappa shape index (κ1) is 26.7. The average molecular weight is 554 g/mol. The summed E-state index contributed by atoms with van der Waals surface area (Å²) in [7, 11) is -1.24. The van der Waals surface area contributed by atoms with E-state index in [4.69, 9.17) is 11.6 Å². The third-order valence-electron chi connectivity index (χ3n) is 5.77. The first-order valence-corrected chi connectivity index (χ1v) is 13.7. The van der Waals surface area contributed by atoms with Crippen LogP contribution in [0.5, 0.6) is 5.75 Å². The highest BCUT2D eigenvalue weighted by molar-refractivity contribution is 7.85. The van der Waals surface area contributed by atoms with Gasteiger partial charge in [-0.1, -0.05) is 23.7 Å². The highest BCUT2D eigenvalue weighted by atomic mass is 35.5. The fourth-order valence-corrected chi connectivity index (χ4v) is 6.53. The Bertz CT molecular complexity index is 1170. The number of amides is 1. The smallest absolute Gasteiger partial charge is 0.387 e. The minimum Gasteiger partial charge on any atom is -0.435 e. The number of carbonyl (C=O) groups is 1. The number of nitrogens with one attached hydrogen (secondary N) is 2. The number of rotatable bonds is 10. The van der Waals surface area contributed by atoms with E-state index in [1.54, 1.807) is 36.4 Å². The number of ether oxygens (including phenoxy) is 1. The molecule has 1 atom stereocenters. The summed E-state index contributed by atoms with van der Waals surface area (Å²) in [5.41, 5.74) is 1.52. The third kappa shape index (κ3) is 7.57. The number of halogens is 3. The number of carbonyl (C=O) groups excluding carboxylic acids is 1. The van der Waals surface area contributed by atoms with Crippen LogP contribution in [0.2, 0.25) is 5.02 Å². The molecular formula is C25H26ClF2N3O3S2. The Balaban J connectivity index is 1.20. The van der Waals surface area contributed by atoms with Gasteiger partial charge < -0.3 is 15.4 Å². The Kier molecular flexibility index (Phi) is 9.44. The van der Waals surface area contributed by atoms with Crippen molar-refractivity contribution in [1.29, 1.82) is 0 Å². The van der Waals surface area contributed by atoms with Gasteiger partial charge in [0.1, 0.15) is 20.9 Å². The minimum absolute atomic E-state index is 0.144. The first-order chi connectivity index (χ1) is 17.4. The second-order valence-corrected chi connectivity index (χ2v) is 11.6. The second-order valence-electron chi connectivity index (χ2n) is 8.27. The average Bonchev–Trinajstić information content (AvgIpc) is 3.36. The van der Waals surface area contributed by atoms with E-state index in [1.807, 2.05) is 16.4 Å². The summed E-state index contributed by atoms with van der Waals surface area (Å²) in [5.74, 6) is -0.0417. The molecule has 2 N–H and O–H groups in total. The van der Waals surface area contributed by atoms with E-state index in [2.05, 4.69) is 15.4 Å². The highest BCUT2D eigenvalue weighted by Crippen LogP contribution is 2.25. The van der Waals surface area contributed by atoms with Gasteiger partial charge in [0.05, 0.1) is 6.54 Å². The Morgan fingerprint density at radius 3 is 2.42 bits per heavy atom. The van der Waals surface area contributed by atoms with Crippen molar-refractivity contribution < 1.29 is 22.5 Å². The number of piperidine rings is 1. The van der Waals surface area contributed by atoms with E-state index in [0.717, 1.165) is 27.5 Å². The van der Waals surface area contributed by atoms with Crippen molar-refractivity contribution in [3.8, 4) is 5.75 Å². The minimum atomic E-state index is -2.83. The number of alkyl halides is 2. The number of hydrogen-bond donors (Lipinski definition) is 2. The van der Waals surface area contributed by atoms with Gasteiger partial charge in [-0.05, 0) is 66.9 Å². The Labute approximate surface area is 220 Å². The van der Waals surface area contributed by atoms with Gasteiger partial charge in [-0.3, -0.25) is 4.79 Å². The number of benzene rings is 2. The zero-order chi connectivity index (χ0) is 25.5. The van der Waals surface area contributed by atoms with Crippen LogP contribution in [0.4, 0.5) is 8.78 Å². The lowest BCUT2D eigenvalue weighted by molar-refractivity contribution is -0.0498. The molecule has 1 fully saturated rings. The summed E-state index contributed by atoms with van der Waals surface area (Å²) in [6.07, 6.45) is 1.71. The molecule has 0 aliphatic carbocycles. The van der Waals surface area contributed by atoms with Crippen LogP contribution in [0.25, 0.3) is 0 Å². The molecule has 0 saturated carbocycles. The fourth-order valence-electron chi connectivity index (χ4n) is 3.82. The molecule has 3 aromatic rings. The van der Waals surface area contributed by atoms with Crippen LogP contribution in [-0.2, 0) is 24.1 Å². The maximum Gasteiger partial charge on any atom is 0.387 e. The van der Waals surface area contributed by atoms with Gasteiger partial charge in [0.2, 0.25) is 0 Å². The van der Waals surface area contributed by atoms with Gasteiger partial charge in [-0.25, -0.2) is 8.51 Å². The van der Waals surface area contributed by atoms with Crippen LogP contribution < -0.4 is 15.4 Å². The SMILES string of the molecule is O=C(NCc1ccc(S(=O)N2CCC(NCc3ccc(OC(F)F)cc3)CC2)s1)c1ccc(Cl)cc1. The van der Waals surface area contributed by atoms with Crippen molar-refractivity contribution in [1.82, 2.24) is 14.9 Å². The van der Waals surface area contributed by atoms with Crippen molar-refractivity contribution in [3.05, 3.63) is 81.7 Å². The molecule has 1 saturated heterocycles. The zero-order valence-electron chi connectivity index (χ0n) is 19.3. The molecule has 0 radical (unpaired) electrons. The molecule has 1 amide bonds. The number of thiophene rings is 1. The lowest BCUT2D eigenvalue weighted by Crippen LogP contribution is -2.42. The summed E-state index contributed by atoms with van der Waals surface area (Å²) < 4.78 is 44.7. The predicted octanol–water partition coefficient (Wildman–Crippen LogP) is 5.21. The van der Waals surface area contributed by atoms with Gasteiger partial charge in [-0.2, -0.15) is 8.78 Å². The quantitative estimate of drug-likeness (QED) is 0.362. The molecule has 192 valence electrons.